The fraction of sp³-hybridized carbons (Fsp3) is 0.700. The highest BCUT2D eigenvalue weighted by Crippen LogP contribution is 1.94. The minimum absolute atomic E-state index is 0.152. The van der Waals surface area contributed by atoms with Crippen molar-refractivity contribution in [1.82, 2.24) is 10.6 Å². The normalized spacial score (nSPS) is 16.6. The van der Waals surface area contributed by atoms with E-state index in [-0.39, 0.29) is 5.75 Å². The molecule has 0 aromatic rings. The predicted octanol–water partition coefficient (Wildman–Crippen LogP) is -3.33. The minimum Gasteiger partial charge on any atom is -0.480 e. The number of aliphatic hydroxyl groups excluding tert-OH is 2. The number of carbonyl (C=O) groups is 3. The zero-order valence-electron chi connectivity index (χ0n) is 10.8. The van der Waals surface area contributed by atoms with Crippen LogP contribution in [0.1, 0.15) is 6.92 Å². The molecule has 9 nitrogen and oxygen atoms in total. The number of nitrogens with one attached hydrogen (secondary N) is 2. The van der Waals surface area contributed by atoms with Gasteiger partial charge in [-0.05, 0) is 6.92 Å². The Balaban J connectivity index is 4.64. The van der Waals surface area contributed by atoms with E-state index in [1.54, 1.807) is 0 Å². The zero-order valence-corrected chi connectivity index (χ0v) is 11.7. The summed E-state index contributed by atoms with van der Waals surface area (Å²) in [5, 5.41) is 31.1. The van der Waals surface area contributed by atoms with Gasteiger partial charge in [0.05, 0.1) is 12.7 Å². The maximum atomic E-state index is 11.7. The topological polar surface area (TPSA) is 162 Å². The highest BCUT2D eigenvalue weighted by atomic mass is 32.1. The van der Waals surface area contributed by atoms with Crippen molar-refractivity contribution in [3.05, 3.63) is 0 Å². The second-order valence-corrected chi connectivity index (χ2v) is 4.46. The summed E-state index contributed by atoms with van der Waals surface area (Å²) >= 11 is 3.76. The van der Waals surface area contributed by atoms with Gasteiger partial charge in [-0.25, -0.2) is 4.79 Å². The van der Waals surface area contributed by atoms with Gasteiger partial charge in [0, 0.05) is 5.75 Å². The number of rotatable bonds is 8. The van der Waals surface area contributed by atoms with Crippen LogP contribution in [0.3, 0.4) is 0 Å². The lowest BCUT2D eigenvalue weighted by Crippen LogP contribution is -2.57. The van der Waals surface area contributed by atoms with Gasteiger partial charge in [-0.1, -0.05) is 0 Å². The maximum Gasteiger partial charge on any atom is 0.327 e. The predicted molar refractivity (Wildman–Crippen MR) is 72.1 cm³/mol. The lowest BCUT2D eigenvalue weighted by Gasteiger charge is -2.21. The van der Waals surface area contributed by atoms with Crippen LogP contribution in [0, 0.1) is 0 Å². The van der Waals surface area contributed by atoms with Crippen molar-refractivity contribution >= 4 is 30.4 Å². The number of carboxylic acid groups (broad SMARTS) is 1. The van der Waals surface area contributed by atoms with Crippen LogP contribution in [-0.2, 0) is 14.4 Å². The Bertz CT molecular complexity index is 365. The van der Waals surface area contributed by atoms with Gasteiger partial charge in [0.1, 0.15) is 18.1 Å². The number of carboxylic acids is 1. The summed E-state index contributed by atoms with van der Waals surface area (Å²) in [7, 11) is 0. The molecule has 20 heavy (non-hydrogen) atoms. The summed E-state index contributed by atoms with van der Waals surface area (Å²) in [6.45, 7) is 0.544. The molecule has 0 aromatic carbocycles. The molecule has 0 fully saturated rings. The molecule has 0 saturated heterocycles. The standard InChI is InChI=1S/C10H19N3O6S/c1-4(15)7(11)9(17)12-5(2-14)8(16)13-6(3-20)10(18)19/h4-7,14-15,20H,2-3,11H2,1H3,(H,12,17)(H,13,16)(H,18,19). The van der Waals surface area contributed by atoms with Crippen LogP contribution in [0.4, 0.5) is 0 Å². The first-order valence-electron chi connectivity index (χ1n) is 5.73. The smallest absolute Gasteiger partial charge is 0.327 e. The van der Waals surface area contributed by atoms with Crippen molar-refractivity contribution in [1.29, 1.82) is 0 Å². The number of nitrogens with two attached hydrogens (primary N) is 1. The molecule has 10 heteroatoms. The molecule has 0 saturated carbocycles. The molecular weight excluding hydrogens is 290 g/mol. The first kappa shape index (κ1) is 18.6. The highest BCUT2D eigenvalue weighted by Gasteiger charge is 2.28. The second-order valence-electron chi connectivity index (χ2n) is 4.09. The van der Waals surface area contributed by atoms with Gasteiger partial charge in [-0.2, -0.15) is 12.6 Å². The van der Waals surface area contributed by atoms with E-state index in [4.69, 9.17) is 21.1 Å². The average molecular weight is 309 g/mol. The van der Waals surface area contributed by atoms with Crippen molar-refractivity contribution < 1.29 is 29.7 Å². The van der Waals surface area contributed by atoms with Crippen molar-refractivity contribution in [2.45, 2.75) is 31.2 Å². The SMILES string of the molecule is CC(O)C(N)C(=O)NC(CO)C(=O)NC(CS)C(=O)O. The number of thiol groups is 1. The van der Waals surface area contributed by atoms with Crippen molar-refractivity contribution in [3.63, 3.8) is 0 Å². The quantitative estimate of drug-likeness (QED) is 0.231. The Labute approximate surface area is 120 Å². The molecule has 4 atom stereocenters. The third-order valence-electron chi connectivity index (χ3n) is 2.44. The number of aliphatic carboxylic acids is 1. The molecule has 0 heterocycles. The maximum absolute atomic E-state index is 11.7. The summed E-state index contributed by atoms with van der Waals surface area (Å²) in [4.78, 5) is 33.9. The van der Waals surface area contributed by atoms with Crippen LogP contribution in [0.15, 0.2) is 0 Å². The summed E-state index contributed by atoms with van der Waals surface area (Å²) in [6.07, 6.45) is -1.14. The molecule has 0 aliphatic rings. The number of aliphatic hydroxyl groups is 2. The van der Waals surface area contributed by atoms with Gasteiger partial charge in [0.25, 0.3) is 0 Å². The lowest BCUT2D eigenvalue weighted by molar-refractivity contribution is -0.141. The first-order chi connectivity index (χ1) is 9.24. The van der Waals surface area contributed by atoms with E-state index in [1.807, 2.05) is 0 Å². The molecule has 4 unspecified atom stereocenters. The van der Waals surface area contributed by atoms with Crippen LogP contribution in [0.2, 0.25) is 0 Å². The van der Waals surface area contributed by atoms with Gasteiger partial charge in [0.2, 0.25) is 11.8 Å². The second kappa shape index (κ2) is 8.74. The third kappa shape index (κ3) is 5.74. The van der Waals surface area contributed by atoms with Crippen LogP contribution in [0.25, 0.3) is 0 Å². The van der Waals surface area contributed by atoms with Crippen LogP contribution >= 0.6 is 12.6 Å². The number of amides is 2. The van der Waals surface area contributed by atoms with Gasteiger partial charge < -0.3 is 31.7 Å². The lowest BCUT2D eigenvalue weighted by atomic mass is 10.1. The molecule has 116 valence electrons. The Morgan fingerprint density at radius 1 is 1.20 bits per heavy atom. The van der Waals surface area contributed by atoms with Crippen molar-refractivity contribution in [2.24, 2.45) is 5.73 Å². The van der Waals surface area contributed by atoms with Gasteiger partial charge in [-0.15, -0.1) is 0 Å². The summed E-state index contributed by atoms with van der Waals surface area (Å²) in [5.41, 5.74) is 5.36. The number of hydrogen-bond donors (Lipinski definition) is 7. The Hall–Kier alpha value is -1.36. The monoisotopic (exact) mass is 309 g/mol. The largest absolute Gasteiger partial charge is 0.480 e. The molecule has 2 amide bonds. The molecular formula is C10H19N3O6S. The highest BCUT2D eigenvalue weighted by molar-refractivity contribution is 7.80. The fourth-order valence-corrected chi connectivity index (χ4v) is 1.39. The summed E-state index contributed by atoms with van der Waals surface area (Å²) in [6, 6.07) is -3.88. The van der Waals surface area contributed by atoms with Gasteiger partial charge in [0.15, 0.2) is 0 Å². The van der Waals surface area contributed by atoms with Gasteiger partial charge >= 0.3 is 5.97 Å². The zero-order chi connectivity index (χ0) is 15.9. The molecule has 7 N–H and O–H groups in total. The van der Waals surface area contributed by atoms with E-state index < -0.39 is 48.6 Å². The molecule has 0 rings (SSSR count). The van der Waals surface area contributed by atoms with E-state index in [1.165, 1.54) is 6.92 Å². The molecule has 0 radical (unpaired) electrons. The van der Waals surface area contributed by atoms with E-state index in [2.05, 4.69) is 23.3 Å². The van der Waals surface area contributed by atoms with E-state index in [0.29, 0.717) is 0 Å². The minimum atomic E-state index is -1.37. The van der Waals surface area contributed by atoms with Crippen molar-refractivity contribution in [2.75, 3.05) is 12.4 Å². The molecule has 0 aromatic heterocycles. The fourth-order valence-electron chi connectivity index (χ4n) is 1.14. The van der Waals surface area contributed by atoms with Crippen molar-refractivity contribution in [3.8, 4) is 0 Å². The van der Waals surface area contributed by atoms with Gasteiger partial charge in [-0.3, -0.25) is 9.59 Å². The molecule has 0 aliphatic carbocycles. The molecule has 0 aliphatic heterocycles. The first-order valence-corrected chi connectivity index (χ1v) is 6.36. The molecule has 0 bridgehead atoms. The number of carbonyl (C=O) groups excluding carboxylic acids is 2. The van der Waals surface area contributed by atoms with Crippen LogP contribution in [-0.4, -0.2) is 69.7 Å². The third-order valence-corrected chi connectivity index (χ3v) is 2.80. The average Bonchev–Trinajstić information content (AvgIpc) is 2.39. The Morgan fingerprint density at radius 2 is 1.70 bits per heavy atom. The van der Waals surface area contributed by atoms with E-state index in [0.717, 1.165) is 0 Å². The van der Waals surface area contributed by atoms with E-state index >= 15 is 0 Å². The number of hydrogen-bond acceptors (Lipinski definition) is 7. The Morgan fingerprint density at radius 3 is 2.05 bits per heavy atom. The summed E-state index contributed by atoms with van der Waals surface area (Å²) < 4.78 is 0. The van der Waals surface area contributed by atoms with Crippen LogP contribution in [0.5, 0.6) is 0 Å². The Kier molecular flexibility index (Phi) is 8.15. The van der Waals surface area contributed by atoms with Crippen LogP contribution < -0.4 is 16.4 Å². The summed E-state index contributed by atoms with van der Waals surface area (Å²) in [5.74, 6) is -3.18. The molecule has 0 spiro atoms. The van der Waals surface area contributed by atoms with E-state index in [9.17, 15) is 14.4 Å².